The fraction of sp³-hybridized carbons (Fsp3) is 0.161. The van der Waals surface area contributed by atoms with Gasteiger partial charge < -0.3 is 19.8 Å². The number of anilines is 1. The van der Waals surface area contributed by atoms with Crippen LogP contribution in [0, 0.1) is 11.6 Å². The maximum atomic E-state index is 13.7. The molecule has 2 N–H and O–H groups in total. The van der Waals surface area contributed by atoms with Crippen LogP contribution >= 0.6 is 0 Å². The molecule has 14 heteroatoms. The normalized spacial score (nSPS) is 11.3. The van der Waals surface area contributed by atoms with Crippen LogP contribution in [0.3, 0.4) is 0 Å². The summed E-state index contributed by atoms with van der Waals surface area (Å²) < 4.78 is 64.8. The molecule has 2 aromatic carbocycles. The van der Waals surface area contributed by atoms with Crippen LogP contribution in [0.2, 0.25) is 0 Å². The lowest BCUT2D eigenvalue weighted by atomic mass is 10.0. The Balaban J connectivity index is 1.69. The van der Waals surface area contributed by atoms with Gasteiger partial charge in [-0.2, -0.15) is 0 Å². The summed E-state index contributed by atoms with van der Waals surface area (Å²) in [6, 6.07) is 14.1. The topological polar surface area (TPSA) is 144 Å². The lowest BCUT2D eigenvalue weighted by Gasteiger charge is -2.21. The lowest BCUT2D eigenvalue weighted by Crippen LogP contribution is -2.26. The molecule has 3 aromatic heterocycles. The Morgan fingerprint density at radius 2 is 1.71 bits per heavy atom. The van der Waals surface area contributed by atoms with E-state index in [2.05, 4.69) is 20.6 Å². The molecular weight excluding hydrogens is 608 g/mol. The summed E-state index contributed by atoms with van der Waals surface area (Å²) in [5.74, 6) is -1.85. The number of amides is 2. The number of hydrogen-bond acceptors (Lipinski definition) is 8. The zero-order valence-corrected chi connectivity index (χ0v) is 25.3. The molecule has 5 rings (SSSR count). The Labute approximate surface area is 256 Å². The van der Waals surface area contributed by atoms with E-state index in [9.17, 15) is 26.8 Å². The number of hydrogen-bond donors (Lipinski definition) is 2. The predicted octanol–water partition coefficient (Wildman–Crippen LogP) is 4.53. The van der Waals surface area contributed by atoms with Gasteiger partial charge in [0.05, 0.1) is 48.7 Å². The van der Waals surface area contributed by atoms with E-state index >= 15 is 0 Å². The van der Waals surface area contributed by atoms with Gasteiger partial charge in [0, 0.05) is 36.7 Å². The highest BCUT2D eigenvalue weighted by molar-refractivity contribution is 7.92. The van der Waals surface area contributed by atoms with Gasteiger partial charge in [0.2, 0.25) is 10.0 Å². The number of nitrogens with one attached hydrogen (secondary N) is 2. The zero-order chi connectivity index (χ0) is 32.5. The number of aromatic nitrogens is 2. The van der Waals surface area contributed by atoms with Crippen molar-refractivity contribution in [3.8, 4) is 28.3 Å². The molecule has 11 nitrogen and oxygen atoms in total. The number of benzene rings is 2. The van der Waals surface area contributed by atoms with Crippen LogP contribution in [0.1, 0.15) is 26.5 Å². The third kappa shape index (κ3) is 6.31. The molecule has 232 valence electrons. The minimum atomic E-state index is -3.81. The minimum absolute atomic E-state index is 0.0289. The van der Waals surface area contributed by atoms with Crippen molar-refractivity contribution < 1.29 is 35.9 Å². The number of carbonyl (C=O) groups is 2. The molecule has 0 fully saturated rings. The second-order valence-electron chi connectivity index (χ2n) is 9.89. The van der Waals surface area contributed by atoms with E-state index in [4.69, 9.17) is 9.15 Å². The largest absolute Gasteiger partial charge is 0.494 e. The highest BCUT2D eigenvalue weighted by atomic mass is 32.2. The molecule has 0 bridgehead atoms. The number of halogens is 2. The van der Waals surface area contributed by atoms with Crippen LogP contribution < -0.4 is 19.7 Å². The number of ether oxygens (including phenoxy) is 1. The van der Waals surface area contributed by atoms with E-state index < -0.39 is 33.5 Å². The Bertz CT molecular complexity index is 2030. The third-order valence-electron chi connectivity index (χ3n) is 6.99. The number of pyridine rings is 2. The molecule has 0 saturated heterocycles. The molecule has 0 radical (unpaired) electrons. The number of methoxy groups -OCH3 is 1. The van der Waals surface area contributed by atoms with Gasteiger partial charge in [0.1, 0.15) is 28.7 Å². The number of nitrogens with zero attached hydrogens (tertiary/aromatic N) is 3. The molecule has 5 aromatic rings. The average Bonchev–Trinajstić information content (AvgIpc) is 3.41. The second kappa shape index (κ2) is 12.3. The van der Waals surface area contributed by atoms with E-state index in [1.165, 1.54) is 69.7 Å². The number of rotatable bonds is 9. The van der Waals surface area contributed by atoms with E-state index in [0.717, 1.165) is 16.8 Å². The van der Waals surface area contributed by atoms with Gasteiger partial charge >= 0.3 is 0 Å². The summed E-state index contributed by atoms with van der Waals surface area (Å²) >= 11 is 0. The predicted molar refractivity (Wildman–Crippen MR) is 163 cm³/mol. The first-order valence-corrected chi connectivity index (χ1v) is 15.2. The molecule has 0 spiro atoms. The van der Waals surface area contributed by atoms with Crippen LogP contribution in [0.5, 0.6) is 5.75 Å². The molecular formula is C31H27F2N5O6S. The Kier molecular flexibility index (Phi) is 8.51. The molecule has 0 unspecified atom stereocenters. The molecule has 45 heavy (non-hydrogen) atoms. The van der Waals surface area contributed by atoms with Gasteiger partial charge in [0.15, 0.2) is 5.69 Å². The summed E-state index contributed by atoms with van der Waals surface area (Å²) in [7, 11) is 0.338. The Morgan fingerprint density at radius 1 is 1.00 bits per heavy atom. The highest BCUT2D eigenvalue weighted by Gasteiger charge is 2.27. The van der Waals surface area contributed by atoms with Crippen molar-refractivity contribution in [1.29, 1.82) is 0 Å². The first-order chi connectivity index (χ1) is 21.4. The lowest BCUT2D eigenvalue weighted by molar-refractivity contribution is 0.0939. The fourth-order valence-corrected chi connectivity index (χ4v) is 5.13. The highest BCUT2D eigenvalue weighted by Crippen LogP contribution is 2.41. The molecule has 0 atom stereocenters. The molecule has 2 amide bonds. The van der Waals surface area contributed by atoms with Gasteiger partial charge in [-0.3, -0.25) is 18.9 Å². The van der Waals surface area contributed by atoms with Crippen molar-refractivity contribution in [2.45, 2.75) is 6.54 Å². The van der Waals surface area contributed by atoms with Crippen molar-refractivity contribution in [3.63, 3.8) is 0 Å². The molecule has 0 saturated carbocycles. The first-order valence-electron chi connectivity index (χ1n) is 13.4. The van der Waals surface area contributed by atoms with Gasteiger partial charge in [0.25, 0.3) is 11.8 Å². The van der Waals surface area contributed by atoms with Crippen molar-refractivity contribution in [1.82, 2.24) is 20.6 Å². The van der Waals surface area contributed by atoms with Crippen molar-refractivity contribution in [2.75, 3.05) is 31.8 Å². The molecule has 0 aliphatic rings. The smallest absolute Gasteiger partial charge is 0.274 e. The van der Waals surface area contributed by atoms with Crippen molar-refractivity contribution in [3.05, 3.63) is 95.4 Å². The van der Waals surface area contributed by atoms with E-state index in [1.807, 2.05) is 0 Å². The van der Waals surface area contributed by atoms with Gasteiger partial charge in [-0.25, -0.2) is 22.2 Å². The monoisotopic (exact) mass is 635 g/mol. The van der Waals surface area contributed by atoms with E-state index in [0.29, 0.717) is 16.6 Å². The van der Waals surface area contributed by atoms with Crippen LogP contribution in [0.25, 0.3) is 33.6 Å². The van der Waals surface area contributed by atoms with Gasteiger partial charge in [-0.15, -0.1) is 0 Å². The summed E-state index contributed by atoms with van der Waals surface area (Å²) in [5, 5.41) is 5.57. The quantitative estimate of drug-likeness (QED) is 0.241. The van der Waals surface area contributed by atoms with E-state index in [-0.39, 0.29) is 51.8 Å². The number of furan rings is 1. The maximum Gasteiger partial charge on any atom is 0.274 e. The second-order valence-corrected chi connectivity index (χ2v) is 11.9. The summed E-state index contributed by atoms with van der Waals surface area (Å²) in [6.45, 7) is -0.0289. The number of carbonyl (C=O) groups excluding carboxylic acids is 2. The van der Waals surface area contributed by atoms with Crippen LogP contribution in [0.15, 0.2) is 71.3 Å². The van der Waals surface area contributed by atoms with Crippen molar-refractivity contribution in [2.24, 2.45) is 0 Å². The van der Waals surface area contributed by atoms with Gasteiger partial charge in [-0.1, -0.05) is 0 Å². The van der Waals surface area contributed by atoms with Crippen LogP contribution in [0.4, 0.5) is 14.5 Å². The molecule has 3 heterocycles. The summed E-state index contributed by atoms with van der Waals surface area (Å²) in [5.41, 5.74) is 1.60. The zero-order valence-electron chi connectivity index (χ0n) is 24.5. The third-order valence-corrected chi connectivity index (χ3v) is 8.18. The van der Waals surface area contributed by atoms with E-state index in [1.54, 1.807) is 12.1 Å². The standard InChI is InChI=1S/C31H27F2N5O6S/c1-34-30(39)27-22-13-21(23-11-12-25(43-3)28(37-23)31(40)36-16-20-10-9-19(33)15-35-20)24(38(2)45(4,41)42)14-26(22)44-29(27)17-5-7-18(32)8-6-17/h5-15H,16H2,1-4H3,(H,34,39)(H,36,40). The fourth-order valence-electron chi connectivity index (χ4n) is 4.62. The van der Waals surface area contributed by atoms with Gasteiger partial charge in [-0.05, 0) is 54.6 Å². The Hall–Kier alpha value is -5.37. The Morgan fingerprint density at radius 3 is 2.33 bits per heavy atom. The van der Waals surface area contributed by atoms with Crippen molar-refractivity contribution >= 4 is 38.5 Å². The average molecular weight is 636 g/mol. The summed E-state index contributed by atoms with van der Waals surface area (Å²) in [6.07, 6.45) is 2.05. The molecule has 0 aliphatic carbocycles. The van der Waals surface area contributed by atoms with Crippen LogP contribution in [-0.4, -0.2) is 57.7 Å². The SMILES string of the molecule is CNC(=O)c1c(-c2ccc(F)cc2)oc2cc(N(C)S(C)(=O)=O)c(-c3ccc(OC)c(C(=O)NCc4ccc(F)cn4)n3)cc12. The molecule has 0 aliphatic heterocycles. The number of sulfonamides is 1. The summed E-state index contributed by atoms with van der Waals surface area (Å²) in [4.78, 5) is 34.9. The first kappa shape index (κ1) is 31.1. The minimum Gasteiger partial charge on any atom is -0.494 e. The number of fused-ring (bicyclic) bond motifs is 1. The van der Waals surface area contributed by atoms with Crippen LogP contribution in [-0.2, 0) is 16.6 Å². The maximum absolute atomic E-state index is 13.7.